The molecule has 0 saturated carbocycles. The lowest BCUT2D eigenvalue weighted by molar-refractivity contribution is -0.126. The second kappa shape index (κ2) is 9.58. The lowest BCUT2D eigenvalue weighted by Crippen LogP contribution is -2.64. The zero-order chi connectivity index (χ0) is 26.2. The number of hydrogen-bond donors (Lipinski definition) is 1. The second-order valence-corrected chi connectivity index (χ2v) is 9.67. The predicted octanol–water partition coefficient (Wildman–Crippen LogP) is 4.91. The van der Waals surface area contributed by atoms with Gasteiger partial charge in [0, 0.05) is 17.8 Å². The van der Waals surface area contributed by atoms with Crippen LogP contribution in [0.5, 0.6) is 5.75 Å². The van der Waals surface area contributed by atoms with Crippen LogP contribution in [0.1, 0.15) is 34.1 Å². The van der Waals surface area contributed by atoms with Gasteiger partial charge in [-0.3, -0.25) is 19.2 Å². The van der Waals surface area contributed by atoms with Crippen LogP contribution in [0, 0.1) is 13.8 Å². The van der Waals surface area contributed by atoms with E-state index in [-0.39, 0.29) is 18.4 Å². The molecule has 1 unspecified atom stereocenters. The molecule has 0 spiro atoms. The first-order chi connectivity index (χ1) is 17.8. The first-order valence-corrected chi connectivity index (χ1v) is 12.3. The van der Waals surface area contributed by atoms with E-state index in [0.717, 1.165) is 28.0 Å². The van der Waals surface area contributed by atoms with Crippen molar-refractivity contribution in [2.75, 3.05) is 12.0 Å². The summed E-state index contributed by atoms with van der Waals surface area (Å²) in [4.78, 5) is 29.5. The van der Waals surface area contributed by atoms with E-state index >= 15 is 0 Å². The van der Waals surface area contributed by atoms with Gasteiger partial charge < -0.3 is 10.1 Å². The van der Waals surface area contributed by atoms with Crippen LogP contribution >= 0.6 is 0 Å². The number of nitrogens with one attached hydrogen (secondary N) is 1. The number of carbonyl (C=O) groups excluding carboxylic acids is 2. The highest BCUT2D eigenvalue weighted by atomic mass is 16.5. The number of amides is 2. The molecule has 5 rings (SSSR count). The van der Waals surface area contributed by atoms with Gasteiger partial charge in [0.1, 0.15) is 17.0 Å². The van der Waals surface area contributed by atoms with Gasteiger partial charge >= 0.3 is 0 Å². The van der Waals surface area contributed by atoms with Crippen LogP contribution in [0.2, 0.25) is 0 Å². The molecule has 4 aromatic rings. The van der Waals surface area contributed by atoms with Crippen molar-refractivity contribution in [1.29, 1.82) is 0 Å². The van der Waals surface area contributed by atoms with E-state index in [1.807, 2.05) is 93.6 Å². The number of rotatable bonds is 6. The fourth-order valence-electron chi connectivity index (χ4n) is 4.89. The van der Waals surface area contributed by atoms with Crippen molar-refractivity contribution in [2.45, 2.75) is 39.4 Å². The molecule has 1 aromatic heterocycles. The van der Waals surface area contributed by atoms with Gasteiger partial charge in [-0.2, -0.15) is 5.10 Å². The van der Waals surface area contributed by atoms with Gasteiger partial charge in [-0.1, -0.05) is 48.0 Å². The molecule has 3 aromatic carbocycles. The van der Waals surface area contributed by atoms with Crippen molar-refractivity contribution in [1.82, 2.24) is 15.1 Å². The average Bonchev–Trinajstić information content (AvgIpc) is 3.33. The minimum absolute atomic E-state index is 0.220. The number of aromatic nitrogens is 2. The number of benzene rings is 3. The summed E-state index contributed by atoms with van der Waals surface area (Å²) in [6, 6.07) is 25.0. The first-order valence-electron chi connectivity index (χ1n) is 12.3. The van der Waals surface area contributed by atoms with Crippen molar-refractivity contribution >= 4 is 17.5 Å². The highest BCUT2D eigenvalue weighted by Gasteiger charge is 2.49. The van der Waals surface area contributed by atoms with Crippen LogP contribution in [0.25, 0.3) is 11.3 Å². The van der Waals surface area contributed by atoms with Gasteiger partial charge in [0.2, 0.25) is 5.91 Å². The van der Waals surface area contributed by atoms with Gasteiger partial charge in [0.15, 0.2) is 0 Å². The molecule has 37 heavy (non-hydrogen) atoms. The smallest absolute Gasteiger partial charge is 0.277 e. The fraction of sp³-hybridized carbons (Fsp3) is 0.233. The van der Waals surface area contributed by atoms with Gasteiger partial charge in [0.05, 0.1) is 19.3 Å². The molecule has 2 amide bonds. The first kappa shape index (κ1) is 24.3. The Morgan fingerprint density at radius 2 is 1.76 bits per heavy atom. The van der Waals surface area contributed by atoms with Gasteiger partial charge in [-0.15, -0.1) is 0 Å². The number of hydrogen-bond acceptors (Lipinski definition) is 4. The molecule has 188 valence electrons. The monoisotopic (exact) mass is 494 g/mol. The molecule has 0 aliphatic carbocycles. The Balaban J connectivity index is 1.55. The van der Waals surface area contributed by atoms with Crippen molar-refractivity contribution in [3.05, 3.63) is 101 Å². The number of methoxy groups -OCH3 is 1. The normalized spacial score (nSPS) is 16.9. The third-order valence-corrected chi connectivity index (χ3v) is 6.92. The summed E-state index contributed by atoms with van der Waals surface area (Å²) in [5, 5.41) is 7.79. The Bertz CT molecular complexity index is 1460. The van der Waals surface area contributed by atoms with Gasteiger partial charge in [0.25, 0.3) is 5.91 Å². The van der Waals surface area contributed by atoms with E-state index in [4.69, 9.17) is 9.84 Å². The number of ether oxygens (including phenoxy) is 1. The van der Waals surface area contributed by atoms with E-state index < -0.39 is 5.54 Å². The third-order valence-electron chi connectivity index (χ3n) is 6.92. The number of aryl methyl sites for hydroxylation is 2. The van der Waals surface area contributed by atoms with E-state index in [9.17, 15) is 9.59 Å². The summed E-state index contributed by atoms with van der Waals surface area (Å²) in [5.74, 6) is 0.243. The molecule has 1 aliphatic heterocycles. The molecular formula is C30H30N4O3. The van der Waals surface area contributed by atoms with Crippen molar-refractivity contribution in [3.63, 3.8) is 0 Å². The summed E-state index contributed by atoms with van der Waals surface area (Å²) < 4.78 is 6.92. The van der Waals surface area contributed by atoms with Crippen LogP contribution in [-0.4, -0.2) is 34.2 Å². The van der Waals surface area contributed by atoms with Crippen LogP contribution in [-0.2, 0) is 17.9 Å². The lowest BCUT2D eigenvalue weighted by Gasteiger charge is -2.43. The molecule has 1 atom stereocenters. The van der Waals surface area contributed by atoms with Crippen molar-refractivity contribution in [2.24, 2.45) is 0 Å². The number of fused-ring (bicyclic) bond motifs is 1. The van der Waals surface area contributed by atoms with Crippen molar-refractivity contribution in [3.8, 4) is 17.0 Å². The quantitative estimate of drug-likeness (QED) is 0.413. The molecule has 0 saturated heterocycles. The minimum Gasteiger partial charge on any atom is -0.497 e. The maximum atomic E-state index is 14.1. The lowest BCUT2D eigenvalue weighted by atomic mass is 9.92. The van der Waals surface area contributed by atoms with E-state index in [1.54, 1.807) is 22.8 Å². The summed E-state index contributed by atoms with van der Waals surface area (Å²) in [6.07, 6.45) is 0. The summed E-state index contributed by atoms with van der Waals surface area (Å²) in [5.41, 5.74) is 4.50. The Morgan fingerprint density at radius 3 is 2.43 bits per heavy atom. The number of carbonyl (C=O) groups is 2. The van der Waals surface area contributed by atoms with Crippen LogP contribution in [0.4, 0.5) is 5.69 Å². The maximum absolute atomic E-state index is 14.1. The second-order valence-electron chi connectivity index (χ2n) is 9.67. The predicted molar refractivity (Wildman–Crippen MR) is 144 cm³/mol. The summed E-state index contributed by atoms with van der Waals surface area (Å²) >= 11 is 0. The molecule has 2 heterocycles. The highest BCUT2D eigenvalue weighted by molar-refractivity contribution is 6.12. The third kappa shape index (κ3) is 4.48. The molecular weight excluding hydrogens is 464 g/mol. The molecule has 0 bridgehead atoms. The van der Waals surface area contributed by atoms with Crippen LogP contribution in [0.3, 0.4) is 0 Å². The zero-order valence-corrected chi connectivity index (χ0v) is 21.5. The molecule has 7 nitrogen and oxygen atoms in total. The molecule has 0 radical (unpaired) electrons. The van der Waals surface area contributed by atoms with Crippen molar-refractivity contribution < 1.29 is 14.3 Å². The van der Waals surface area contributed by atoms with E-state index in [2.05, 4.69) is 5.32 Å². The zero-order valence-electron chi connectivity index (χ0n) is 21.5. The Kier molecular flexibility index (Phi) is 6.29. The number of nitrogens with zero attached hydrogens (tertiary/aromatic N) is 3. The van der Waals surface area contributed by atoms with E-state index in [1.165, 1.54) is 0 Å². The van der Waals surface area contributed by atoms with Gasteiger partial charge in [-0.05, 0) is 68.3 Å². The summed E-state index contributed by atoms with van der Waals surface area (Å²) in [7, 11) is 1.62. The largest absolute Gasteiger partial charge is 0.497 e. The van der Waals surface area contributed by atoms with E-state index in [0.29, 0.717) is 23.6 Å². The topological polar surface area (TPSA) is 76.5 Å². The average molecular weight is 495 g/mol. The standard InChI is InChI=1S/C30H30N4O3/c1-20-10-15-26(21(2)16-20)34-28(35)27-17-25(23-11-13-24(37-4)14-12-23)32-33(27)19-30(34,3)29(36)31-18-22-8-6-5-7-9-22/h5-17H,18-19H2,1-4H3,(H,31,36). The molecule has 1 N–H and O–H groups in total. The minimum atomic E-state index is -1.19. The van der Waals surface area contributed by atoms with Crippen LogP contribution in [0.15, 0.2) is 78.9 Å². The Labute approximate surface area is 216 Å². The SMILES string of the molecule is COc1ccc(-c2cc3n(n2)CC(C)(C(=O)NCc2ccccc2)N(c2ccc(C)cc2C)C3=O)cc1. The highest BCUT2D eigenvalue weighted by Crippen LogP contribution is 2.36. The molecule has 0 fully saturated rings. The van der Waals surface area contributed by atoms with Crippen LogP contribution < -0.4 is 15.0 Å². The Hall–Kier alpha value is -4.39. The summed E-state index contributed by atoms with van der Waals surface area (Å²) in [6.45, 7) is 6.37. The van der Waals surface area contributed by atoms with Gasteiger partial charge in [-0.25, -0.2) is 0 Å². The Morgan fingerprint density at radius 1 is 1.03 bits per heavy atom. The molecule has 7 heteroatoms. The molecule has 1 aliphatic rings. The maximum Gasteiger partial charge on any atom is 0.277 e. The number of anilines is 1. The fourth-order valence-corrected chi connectivity index (χ4v) is 4.89.